The van der Waals surface area contributed by atoms with E-state index in [0.29, 0.717) is 26.1 Å². The topological polar surface area (TPSA) is 139 Å². The molecule has 9 nitrogen and oxygen atoms in total. The third-order valence-corrected chi connectivity index (χ3v) is 7.24. The molecule has 0 aromatic heterocycles. The van der Waals surface area contributed by atoms with E-state index in [1.807, 2.05) is 36.4 Å². The van der Waals surface area contributed by atoms with Gasteiger partial charge in [-0.15, -0.1) is 0 Å². The van der Waals surface area contributed by atoms with Crippen LogP contribution in [0.5, 0.6) is 5.75 Å². The Morgan fingerprint density at radius 3 is 2.43 bits per heavy atom. The van der Waals surface area contributed by atoms with E-state index in [2.05, 4.69) is 28.2 Å². The van der Waals surface area contributed by atoms with E-state index in [4.69, 9.17) is 0 Å². The molecule has 1 fully saturated rings. The van der Waals surface area contributed by atoms with Crippen LogP contribution in [0.15, 0.2) is 54.6 Å². The van der Waals surface area contributed by atoms with Crippen molar-refractivity contribution in [3.05, 3.63) is 65.7 Å². The van der Waals surface area contributed by atoms with Crippen molar-refractivity contribution in [2.75, 3.05) is 26.2 Å². The summed E-state index contributed by atoms with van der Waals surface area (Å²) in [4.78, 5) is 25.8. The summed E-state index contributed by atoms with van der Waals surface area (Å²) in [5.41, 5.74) is 1.56. The molecule has 1 amide bonds. The summed E-state index contributed by atoms with van der Waals surface area (Å²) in [5.74, 6) is -1.98. The number of carboxylic acid groups (broad SMARTS) is 1. The SMILES string of the molecule is C[C@@H]1CN(C[C@@H](Cc2ccccc2)C(=O)NCC(=O)[O-])CC[C@]1(C)c1cccc(OS(=O)(=O)[O-])c1.[Na+].[Na+]. The van der Waals surface area contributed by atoms with E-state index in [0.717, 1.165) is 17.5 Å². The van der Waals surface area contributed by atoms with Crippen molar-refractivity contribution in [3.63, 3.8) is 0 Å². The molecule has 1 aliphatic heterocycles. The molecule has 3 atom stereocenters. The van der Waals surface area contributed by atoms with Crippen LogP contribution >= 0.6 is 0 Å². The minimum Gasteiger partial charge on any atom is -0.716 e. The largest absolute Gasteiger partial charge is 1.00 e. The number of aliphatic carboxylic acids is 1. The normalized spacial score (nSPS) is 20.6. The molecule has 1 aliphatic rings. The van der Waals surface area contributed by atoms with Gasteiger partial charge in [-0.1, -0.05) is 56.3 Å². The number of carboxylic acids is 1. The van der Waals surface area contributed by atoms with Crippen LogP contribution in [0.3, 0.4) is 0 Å². The van der Waals surface area contributed by atoms with Gasteiger partial charge in [0.05, 0.1) is 18.4 Å². The molecule has 0 unspecified atom stereocenters. The summed E-state index contributed by atoms with van der Waals surface area (Å²) in [7, 11) is -4.86. The number of hydrogen-bond acceptors (Lipinski definition) is 8. The maximum Gasteiger partial charge on any atom is 1.00 e. The summed E-state index contributed by atoms with van der Waals surface area (Å²) < 4.78 is 37.5. The number of piperidine rings is 1. The Morgan fingerprint density at radius 1 is 1.16 bits per heavy atom. The van der Waals surface area contributed by atoms with Crippen molar-refractivity contribution >= 4 is 22.3 Å². The van der Waals surface area contributed by atoms with E-state index in [9.17, 15) is 27.7 Å². The molecular formula is C25H30N2Na2O7S. The molecule has 12 heteroatoms. The fourth-order valence-corrected chi connectivity index (χ4v) is 5.03. The molecule has 0 aliphatic carbocycles. The van der Waals surface area contributed by atoms with Crippen molar-refractivity contribution in [2.24, 2.45) is 11.8 Å². The zero-order valence-corrected chi connectivity index (χ0v) is 26.6. The number of amides is 1. The average Bonchev–Trinajstić information content (AvgIpc) is 2.79. The molecule has 0 radical (unpaired) electrons. The third kappa shape index (κ3) is 10.3. The van der Waals surface area contributed by atoms with Gasteiger partial charge in [0.15, 0.2) is 0 Å². The van der Waals surface area contributed by atoms with Crippen LogP contribution in [0.2, 0.25) is 0 Å². The monoisotopic (exact) mass is 548 g/mol. The number of hydrogen-bond donors (Lipinski definition) is 1. The average molecular weight is 549 g/mol. The maximum atomic E-state index is 12.8. The Hall–Kier alpha value is -0.950. The number of nitrogens with zero attached hydrogens (tertiary/aromatic N) is 1. The van der Waals surface area contributed by atoms with E-state index < -0.39 is 28.8 Å². The fourth-order valence-electron chi connectivity index (χ4n) is 4.69. The molecule has 1 N–H and O–H groups in total. The Morgan fingerprint density at radius 2 is 1.84 bits per heavy atom. The molecule has 2 aromatic rings. The third-order valence-electron chi connectivity index (χ3n) is 6.84. The summed E-state index contributed by atoms with van der Waals surface area (Å²) in [5, 5.41) is 13.3. The minimum atomic E-state index is -4.86. The van der Waals surface area contributed by atoms with Gasteiger partial charge in [-0.3, -0.25) is 4.79 Å². The number of carbonyl (C=O) groups excluding carboxylic acids is 2. The molecule has 190 valence electrons. The van der Waals surface area contributed by atoms with Gasteiger partial charge in [0.1, 0.15) is 5.75 Å². The first-order chi connectivity index (χ1) is 16.5. The van der Waals surface area contributed by atoms with Gasteiger partial charge in [0.2, 0.25) is 5.91 Å². The zero-order valence-electron chi connectivity index (χ0n) is 21.8. The molecule has 1 saturated heterocycles. The van der Waals surface area contributed by atoms with Crippen LogP contribution in [0.4, 0.5) is 0 Å². The molecule has 3 rings (SSSR count). The van der Waals surface area contributed by atoms with Crippen molar-refractivity contribution in [1.29, 1.82) is 0 Å². The van der Waals surface area contributed by atoms with E-state index in [1.54, 1.807) is 12.1 Å². The first-order valence-electron chi connectivity index (χ1n) is 11.5. The second kappa shape index (κ2) is 15.0. The Bertz CT molecular complexity index is 1150. The summed E-state index contributed by atoms with van der Waals surface area (Å²) in [6.45, 7) is 5.48. The first-order valence-corrected chi connectivity index (χ1v) is 12.8. The second-order valence-corrected chi connectivity index (χ2v) is 10.3. The predicted octanol–water partition coefficient (Wildman–Crippen LogP) is -5.14. The van der Waals surface area contributed by atoms with Crippen LogP contribution in [-0.2, 0) is 31.8 Å². The summed E-state index contributed by atoms with van der Waals surface area (Å²) >= 11 is 0. The van der Waals surface area contributed by atoms with Crippen LogP contribution < -0.4 is 73.7 Å². The van der Waals surface area contributed by atoms with E-state index in [-0.39, 0.29) is 82.1 Å². The molecule has 37 heavy (non-hydrogen) atoms. The minimum absolute atomic E-state index is 0. The second-order valence-electron chi connectivity index (χ2n) is 9.32. The van der Waals surface area contributed by atoms with Gasteiger partial charge >= 0.3 is 59.1 Å². The quantitative estimate of drug-likeness (QED) is 0.177. The van der Waals surface area contributed by atoms with Crippen molar-refractivity contribution < 1.29 is 91.0 Å². The molecular weight excluding hydrogens is 518 g/mol. The number of likely N-dealkylation sites (tertiary alicyclic amines) is 1. The van der Waals surface area contributed by atoms with Crippen molar-refractivity contribution in [2.45, 2.75) is 32.1 Å². The number of rotatable bonds is 10. The van der Waals surface area contributed by atoms with Crippen LogP contribution in [0, 0.1) is 11.8 Å². The Kier molecular flexibility index (Phi) is 13.8. The molecule has 0 spiro atoms. The Balaban J connectivity index is 0.00000342. The van der Waals surface area contributed by atoms with Gasteiger partial charge < -0.3 is 28.9 Å². The van der Waals surface area contributed by atoms with Crippen molar-refractivity contribution in [1.82, 2.24) is 10.2 Å². The Labute approximate surface area is 262 Å². The van der Waals surface area contributed by atoms with Gasteiger partial charge in [-0.05, 0) is 54.0 Å². The standard InChI is InChI=1S/C25H32N2O7S.2Na/c1-18-16-27(12-11-25(18,2)21-9-6-10-22(14-21)34-35(31,32)33)17-20(24(30)26-15-23(28)29)13-19-7-4-3-5-8-19;;/h3-10,14,18,20H,11-13,15-17H2,1-2H3,(H,26,30)(H,28,29)(H,31,32,33);;/q;2*+1/p-2/t18-,20-,25+;;/m1../s1. The fraction of sp³-hybridized carbons (Fsp3) is 0.440. The first kappa shape index (κ1) is 34.1. The number of nitrogens with one attached hydrogen (secondary N) is 1. The molecule has 2 aromatic carbocycles. The summed E-state index contributed by atoms with van der Waals surface area (Å²) in [6, 6.07) is 16.1. The van der Waals surface area contributed by atoms with Crippen LogP contribution in [0.1, 0.15) is 31.4 Å². The van der Waals surface area contributed by atoms with E-state index in [1.165, 1.54) is 6.07 Å². The zero-order chi connectivity index (χ0) is 25.6. The molecule has 0 bridgehead atoms. The molecule has 0 saturated carbocycles. The van der Waals surface area contributed by atoms with Gasteiger partial charge in [0, 0.05) is 13.1 Å². The molecule has 1 heterocycles. The van der Waals surface area contributed by atoms with Crippen LogP contribution in [0.25, 0.3) is 0 Å². The number of carbonyl (C=O) groups is 2. The van der Waals surface area contributed by atoms with E-state index >= 15 is 0 Å². The van der Waals surface area contributed by atoms with Crippen molar-refractivity contribution in [3.8, 4) is 5.75 Å². The predicted molar refractivity (Wildman–Crippen MR) is 126 cm³/mol. The van der Waals surface area contributed by atoms with Gasteiger partial charge in [-0.25, -0.2) is 8.42 Å². The van der Waals surface area contributed by atoms with Gasteiger partial charge in [0.25, 0.3) is 10.4 Å². The summed E-state index contributed by atoms with van der Waals surface area (Å²) in [6.07, 6.45) is 1.21. The maximum absolute atomic E-state index is 12.8. The van der Waals surface area contributed by atoms with Crippen LogP contribution in [-0.4, -0.2) is 55.9 Å². The number of benzene rings is 2. The smallest absolute Gasteiger partial charge is 0.716 e. The van der Waals surface area contributed by atoms with Gasteiger partial charge in [-0.2, -0.15) is 0 Å².